The molecule has 1 aromatic carbocycles. The molecule has 1 aliphatic carbocycles. The van der Waals surface area contributed by atoms with Crippen LogP contribution in [0.3, 0.4) is 0 Å². The van der Waals surface area contributed by atoms with Crippen molar-refractivity contribution in [3.8, 4) is 0 Å². The fraction of sp³-hybridized carbons (Fsp3) is 0.267. The van der Waals surface area contributed by atoms with Gasteiger partial charge < -0.3 is 15.2 Å². The predicted octanol–water partition coefficient (Wildman–Crippen LogP) is 1.26. The lowest BCUT2D eigenvalue weighted by molar-refractivity contribution is -0.145. The van der Waals surface area contributed by atoms with Crippen LogP contribution in [0.2, 0.25) is 0 Å². The number of carbonyl (C=O) groups excluding carboxylic acids is 1. The van der Waals surface area contributed by atoms with Crippen LogP contribution in [0.25, 0.3) is 0 Å². The fourth-order valence-corrected chi connectivity index (χ4v) is 2.78. The summed E-state index contributed by atoms with van der Waals surface area (Å²) in [4.78, 5) is 12.6. The van der Waals surface area contributed by atoms with E-state index in [2.05, 4.69) is 0 Å². The molecule has 2 heterocycles. The van der Waals surface area contributed by atoms with Crippen molar-refractivity contribution in [1.29, 1.82) is 0 Å². The summed E-state index contributed by atoms with van der Waals surface area (Å²) in [7, 11) is 0. The third-order valence-corrected chi connectivity index (χ3v) is 3.82. The summed E-state index contributed by atoms with van der Waals surface area (Å²) in [6.45, 7) is 0.0567. The van der Waals surface area contributed by atoms with Gasteiger partial charge in [-0.15, -0.1) is 0 Å². The molecule has 2 aliphatic heterocycles. The maximum atomic E-state index is 12.6. The van der Waals surface area contributed by atoms with Gasteiger partial charge in [0.1, 0.15) is 0 Å². The van der Waals surface area contributed by atoms with Crippen molar-refractivity contribution in [2.24, 2.45) is 11.7 Å². The van der Waals surface area contributed by atoms with E-state index in [4.69, 9.17) is 24.7 Å². The first-order valence-corrected chi connectivity index (χ1v) is 6.57. The maximum Gasteiger partial charge on any atom is 0.295 e. The van der Waals surface area contributed by atoms with Crippen molar-refractivity contribution in [3.05, 3.63) is 59.2 Å². The molecule has 0 bridgehead atoms. The van der Waals surface area contributed by atoms with E-state index in [1.165, 1.54) is 0 Å². The van der Waals surface area contributed by atoms with Crippen LogP contribution in [-0.4, -0.2) is 25.2 Å². The van der Waals surface area contributed by atoms with E-state index < -0.39 is 11.7 Å². The Kier molecular flexibility index (Phi) is 2.57. The molecule has 0 aromatic heterocycles. The molecule has 2 unspecified atom stereocenters. The van der Waals surface area contributed by atoms with Crippen LogP contribution in [-0.2, 0) is 18.9 Å². The zero-order valence-electron chi connectivity index (χ0n) is 11.1. The molecule has 2 atom stereocenters. The number of carbonyl (C=O) groups is 1. The van der Waals surface area contributed by atoms with E-state index in [0.29, 0.717) is 22.8 Å². The number of benzene rings is 1. The van der Waals surface area contributed by atoms with Gasteiger partial charge in [-0.25, -0.2) is 0 Å². The highest BCUT2D eigenvalue weighted by atomic mass is 16.9. The standard InChI is InChI=1S/C15H13NO5/c16-12-10(13(17)9-4-2-1-3-5-9)6-11-15(20-7-18-11)14(12)19-8-21-15/h1-6,10H,7-8,16H2. The summed E-state index contributed by atoms with van der Waals surface area (Å²) in [6.07, 6.45) is 1.65. The number of allylic oxidation sites excluding steroid dienone is 1. The zero-order valence-corrected chi connectivity index (χ0v) is 11.1. The minimum atomic E-state index is -1.20. The van der Waals surface area contributed by atoms with Crippen LogP contribution in [0, 0.1) is 5.92 Å². The molecule has 0 amide bonds. The summed E-state index contributed by atoms with van der Waals surface area (Å²) in [5.74, 6) is -1.20. The first-order chi connectivity index (χ1) is 10.2. The van der Waals surface area contributed by atoms with Crippen LogP contribution in [0.15, 0.2) is 53.6 Å². The SMILES string of the molecule is NC1=C2OCOC23OCOC3=CC1C(=O)c1ccccc1. The second kappa shape index (κ2) is 4.34. The molecule has 2 N–H and O–H groups in total. The van der Waals surface area contributed by atoms with Gasteiger partial charge in [-0.05, 0) is 6.08 Å². The largest absolute Gasteiger partial charge is 0.466 e. The number of ketones is 1. The van der Waals surface area contributed by atoms with Gasteiger partial charge in [-0.1, -0.05) is 30.3 Å². The first-order valence-electron chi connectivity index (χ1n) is 6.57. The van der Waals surface area contributed by atoms with Gasteiger partial charge >= 0.3 is 0 Å². The molecule has 1 aromatic rings. The minimum Gasteiger partial charge on any atom is -0.466 e. The Hall–Kier alpha value is -2.31. The fourth-order valence-electron chi connectivity index (χ4n) is 2.78. The highest BCUT2D eigenvalue weighted by Crippen LogP contribution is 2.47. The van der Waals surface area contributed by atoms with Gasteiger partial charge in [0.05, 0.1) is 11.6 Å². The van der Waals surface area contributed by atoms with Crippen molar-refractivity contribution in [3.63, 3.8) is 0 Å². The van der Waals surface area contributed by atoms with E-state index >= 15 is 0 Å². The Morgan fingerprint density at radius 1 is 1.14 bits per heavy atom. The zero-order chi connectivity index (χ0) is 14.4. The minimum absolute atomic E-state index is 0.0168. The van der Waals surface area contributed by atoms with Crippen LogP contribution < -0.4 is 5.73 Å². The van der Waals surface area contributed by atoms with Crippen molar-refractivity contribution >= 4 is 5.78 Å². The van der Waals surface area contributed by atoms with Gasteiger partial charge in [0, 0.05) is 5.56 Å². The number of hydrogen-bond acceptors (Lipinski definition) is 6. The monoisotopic (exact) mass is 287 g/mol. The van der Waals surface area contributed by atoms with E-state index in [1.807, 2.05) is 6.07 Å². The molecule has 3 aliphatic rings. The highest BCUT2D eigenvalue weighted by molar-refractivity contribution is 6.01. The topological polar surface area (TPSA) is 80.0 Å². The molecule has 1 spiro atoms. The molecule has 6 nitrogen and oxygen atoms in total. The van der Waals surface area contributed by atoms with E-state index in [0.717, 1.165) is 0 Å². The van der Waals surface area contributed by atoms with E-state index in [1.54, 1.807) is 30.3 Å². The lowest BCUT2D eigenvalue weighted by Gasteiger charge is -2.27. The summed E-state index contributed by atoms with van der Waals surface area (Å²) in [6, 6.07) is 8.96. The molecule has 0 radical (unpaired) electrons. The summed E-state index contributed by atoms with van der Waals surface area (Å²) in [5.41, 5.74) is 7.01. The Morgan fingerprint density at radius 2 is 1.86 bits per heavy atom. The number of ether oxygens (including phenoxy) is 4. The van der Waals surface area contributed by atoms with Gasteiger partial charge in [-0.3, -0.25) is 14.3 Å². The van der Waals surface area contributed by atoms with Gasteiger partial charge in [0.15, 0.2) is 30.9 Å². The van der Waals surface area contributed by atoms with Gasteiger partial charge in [0.25, 0.3) is 5.79 Å². The predicted molar refractivity (Wildman–Crippen MR) is 70.4 cm³/mol. The summed E-state index contributed by atoms with van der Waals surface area (Å²) >= 11 is 0. The number of Topliss-reactive ketones (excluding diaryl/α,β-unsaturated/α-hetero) is 1. The highest BCUT2D eigenvalue weighted by Gasteiger charge is 2.57. The van der Waals surface area contributed by atoms with Crippen LogP contribution >= 0.6 is 0 Å². The molecule has 108 valence electrons. The molecule has 6 heteroatoms. The second-order valence-corrected chi connectivity index (χ2v) is 4.95. The third-order valence-electron chi connectivity index (χ3n) is 3.82. The summed E-state index contributed by atoms with van der Waals surface area (Å²) in [5, 5.41) is 0. The molecular weight excluding hydrogens is 274 g/mol. The summed E-state index contributed by atoms with van der Waals surface area (Å²) < 4.78 is 21.8. The Bertz CT molecular complexity index is 662. The molecule has 0 saturated carbocycles. The quantitative estimate of drug-likeness (QED) is 0.825. The Morgan fingerprint density at radius 3 is 2.62 bits per heavy atom. The first kappa shape index (κ1) is 12.4. The van der Waals surface area contributed by atoms with Crippen molar-refractivity contribution in [2.45, 2.75) is 5.79 Å². The smallest absolute Gasteiger partial charge is 0.295 e. The normalized spacial score (nSPS) is 30.1. The van der Waals surface area contributed by atoms with Gasteiger partial charge in [-0.2, -0.15) is 0 Å². The molecule has 4 rings (SSSR count). The third kappa shape index (κ3) is 1.63. The van der Waals surface area contributed by atoms with Crippen molar-refractivity contribution in [1.82, 2.24) is 0 Å². The number of rotatable bonds is 2. The van der Waals surface area contributed by atoms with Crippen LogP contribution in [0.4, 0.5) is 0 Å². The second-order valence-electron chi connectivity index (χ2n) is 4.95. The molecule has 2 fully saturated rings. The van der Waals surface area contributed by atoms with Crippen molar-refractivity contribution in [2.75, 3.05) is 13.6 Å². The molecule has 2 saturated heterocycles. The van der Waals surface area contributed by atoms with Crippen LogP contribution in [0.1, 0.15) is 10.4 Å². The lowest BCUT2D eigenvalue weighted by atomic mass is 9.87. The van der Waals surface area contributed by atoms with Crippen LogP contribution in [0.5, 0.6) is 0 Å². The Labute approximate surface area is 120 Å². The number of hydrogen-bond donors (Lipinski definition) is 1. The molecular formula is C15H13NO5. The van der Waals surface area contributed by atoms with E-state index in [-0.39, 0.29) is 19.4 Å². The number of nitrogens with two attached hydrogens (primary N) is 1. The molecule has 21 heavy (non-hydrogen) atoms. The maximum absolute atomic E-state index is 12.6. The average molecular weight is 287 g/mol. The average Bonchev–Trinajstić information content (AvgIpc) is 3.13. The Balaban J connectivity index is 1.78. The van der Waals surface area contributed by atoms with Gasteiger partial charge in [0.2, 0.25) is 0 Å². The van der Waals surface area contributed by atoms with E-state index in [9.17, 15) is 4.79 Å². The lowest BCUT2D eigenvalue weighted by Crippen LogP contribution is -2.39. The van der Waals surface area contributed by atoms with Crippen molar-refractivity contribution < 1.29 is 23.7 Å².